The van der Waals surface area contributed by atoms with Crippen molar-refractivity contribution in [2.45, 2.75) is 251 Å². The molecule has 0 aliphatic rings. The van der Waals surface area contributed by atoms with Gasteiger partial charge in [0, 0.05) is 12.8 Å². The van der Waals surface area contributed by atoms with Crippen molar-refractivity contribution in [3.05, 3.63) is 134 Å². The highest BCUT2D eigenvalue weighted by Crippen LogP contribution is 2.38. The Morgan fingerprint density at radius 2 is 0.810 bits per heavy atom. The van der Waals surface area contributed by atoms with E-state index in [9.17, 15) is 19.0 Å². The SMILES string of the molecule is CC/C=C\C/C=C\C/C=C\C/C=C\C/C=C\C/C=C\CCCCC(=O)NC(COP(=O)([O-])OCC[N+](C)(C)C)C(/C=C/CCCCCCCCCCCCC)OC(=O)CCCCC/C=C\C/C=C\C/C=C\C/C=C\CCCCC. The van der Waals surface area contributed by atoms with E-state index in [2.05, 4.69) is 148 Å². The number of rotatable bonds is 55. The second kappa shape index (κ2) is 57.4. The van der Waals surface area contributed by atoms with E-state index in [1.807, 2.05) is 33.3 Å². The van der Waals surface area contributed by atoms with Gasteiger partial charge in [-0.25, -0.2) is 0 Å². The number of esters is 1. The average molecular weight is 1120 g/mol. The number of amides is 1. The van der Waals surface area contributed by atoms with Crippen LogP contribution in [-0.2, 0) is 27.9 Å². The fourth-order valence-electron chi connectivity index (χ4n) is 8.21. The van der Waals surface area contributed by atoms with Crippen LogP contribution in [0.4, 0.5) is 0 Å². The molecule has 0 rings (SSSR count). The Hall–Kier alpha value is -3.85. The van der Waals surface area contributed by atoms with Crippen molar-refractivity contribution in [1.82, 2.24) is 5.32 Å². The largest absolute Gasteiger partial charge is 0.756 e. The van der Waals surface area contributed by atoms with Crippen LogP contribution in [0.15, 0.2) is 134 Å². The third kappa shape index (κ3) is 58.6. The lowest BCUT2D eigenvalue weighted by atomic mass is 10.0. The van der Waals surface area contributed by atoms with Gasteiger partial charge in [-0.1, -0.05) is 232 Å². The summed E-state index contributed by atoms with van der Waals surface area (Å²) in [5.41, 5.74) is 0. The molecular weight excluding hydrogens is 1000 g/mol. The van der Waals surface area contributed by atoms with Gasteiger partial charge in [0.25, 0.3) is 7.82 Å². The summed E-state index contributed by atoms with van der Waals surface area (Å²) in [6, 6.07) is -0.935. The summed E-state index contributed by atoms with van der Waals surface area (Å²) in [4.78, 5) is 40.0. The summed E-state index contributed by atoms with van der Waals surface area (Å²) in [7, 11) is 1.12. The van der Waals surface area contributed by atoms with Crippen LogP contribution in [0, 0.1) is 0 Å². The second-order valence-corrected chi connectivity index (χ2v) is 23.2. The number of hydrogen-bond acceptors (Lipinski definition) is 7. The van der Waals surface area contributed by atoms with Crippen LogP contribution in [0.25, 0.3) is 0 Å². The normalized spacial score (nSPS) is 14.6. The molecule has 0 saturated heterocycles. The van der Waals surface area contributed by atoms with E-state index in [0.29, 0.717) is 23.9 Å². The van der Waals surface area contributed by atoms with E-state index in [0.717, 1.165) is 109 Å². The van der Waals surface area contributed by atoms with E-state index in [-0.39, 0.29) is 31.3 Å². The highest BCUT2D eigenvalue weighted by Gasteiger charge is 2.27. The molecule has 0 aliphatic heterocycles. The molecule has 0 heterocycles. The number of carbonyl (C=O) groups is 2. The second-order valence-electron chi connectivity index (χ2n) is 21.8. The van der Waals surface area contributed by atoms with Gasteiger partial charge < -0.3 is 28.5 Å². The Morgan fingerprint density at radius 3 is 1.25 bits per heavy atom. The lowest BCUT2D eigenvalue weighted by Crippen LogP contribution is -2.47. The van der Waals surface area contributed by atoms with Gasteiger partial charge in [-0.05, 0) is 128 Å². The van der Waals surface area contributed by atoms with E-state index in [1.54, 1.807) is 0 Å². The minimum Gasteiger partial charge on any atom is -0.756 e. The quantitative estimate of drug-likeness (QED) is 0.0212. The van der Waals surface area contributed by atoms with Gasteiger partial charge in [0.15, 0.2) is 0 Å². The standard InChI is InChI=1S/C69H117N2O7P/c1-7-10-13-16-19-22-25-28-30-32-34-35-37-38-40-43-46-49-52-55-58-61-68(72)70-66(65-77-79(74,75)76-64-63-71(4,5)6)67(60-57-54-51-48-45-42-27-24-21-18-15-12-9-3)78-69(73)62-59-56-53-50-47-44-41-39-36-33-31-29-26-23-20-17-14-11-8-2/h10,13,19-20,22-23,28-31,34-36,38-40,44,46-47,49,57,60,66-67H,7-9,11-12,14-18,21,24-27,32-33,37,41-43,45,48,50-56,58-59,61-65H2,1-6H3,(H-,70,72,74,75)/b13-10-,22-19-,23-20-,30-28-,31-29-,35-34-,39-36-,40-38-,47-44-,49-46-,60-57+. The average Bonchev–Trinajstić information content (AvgIpc) is 3.41. The van der Waals surface area contributed by atoms with Crippen LogP contribution in [-0.4, -0.2) is 69.4 Å². The maximum atomic E-state index is 13.5. The first-order valence-electron chi connectivity index (χ1n) is 31.5. The third-order valence-electron chi connectivity index (χ3n) is 13.1. The lowest BCUT2D eigenvalue weighted by Gasteiger charge is -2.30. The molecule has 0 aromatic heterocycles. The van der Waals surface area contributed by atoms with E-state index in [4.69, 9.17) is 13.8 Å². The number of ether oxygens (including phenoxy) is 1. The molecule has 0 fully saturated rings. The zero-order valence-electron chi connectivity index (χ0n) is 51.3. The van der Waals surface area contributed by atoms with Crippen molar-refractivity contribution in [1.29, 1.82) is 0 Å². The molecule has 3 unspecified atom stereocenters. The van der Waals surface area contributed by atoms with Crippen LogP contribution in [0.1, 0.15) is 239 Å². The van der Waals surface area contributed by atoms with Gasteiger partial charge >= 0.3 is 5.97 Å². The van der Waals surface area contributed by atoms with Gasteiger partial charge in [0.05, 0.1) is 33.8 Å². The highest BCUT2D eigenvalue weighted by atomic mass is 31.2. The number of carbonyl (C=O) groups excluding carboxylic acids is 2. The monoisotopic (exact) mass is 1120 g/mol. The smallest absolute Gasteiger partial charge is 0.306 e. The molecule has 0 aromatic carbocycles. The number of nitrogens with zero attached hydrogens (tertiary/aromatic N) is 1. The molecule has 0 bridgehead atoms. The summed E-state index contributed by atoms with van der Waals surface area (Å²) >= 11 is 0. The molecule has 0 saturated carbocycles. The number of allylic oxidation sites excluding steroid dienone is 21. The first kappa shape index (κ1) is 75.2. The molecular formula is C69H117N2O7P. The van der Waals surface area contributed by atoms with Crippen LogP contribution in [0.5, 0.6) is 0 Å². The van der Waals surface area contributed by atoms with Gasteiger partial charge in [-0.3, -0.25) is 14.2 Å². The van der Waals surface area contributed by atoms with Crippen molar-refractivity contribution >= 4 is 19.7 Å². The van der Waals surface area contributed by atoms with Crippen LogP contribution in [0.3, 0.4) is 0 Å². The summed E-state index contributed by atoms with van der Waals surface area (Å²) in [5.74, 6) is -0.637. The lowest BCUT2D eigenvalue weighted by molar-refractivity contribution is -0.870. The first-order chi connectivity index (χ1) is 38.4. The predicted octanol–water partition coefficient (Wildman–Crippen LogP) is 19.0. The zero-order valence-corrected chi connectivity index (χ0v) is 52.2. The summed E-state index contributed by atoms with van der Waals surface area (Å²) in [6.45, 7) is 6.63. The molecule has 0 aromatic rings. The third-order valence-corrected chi connectivity index (χ3v) is 14.0. The van der Waals surface area contributed by atoms with Crippen molar-refractivity contribution in [3.8, 4) is 0 Å². The van der Waals surface area contributed by atoms with Gasteiger partial charge in [0.2, 0.25) is 5.91 Å². The maximum absolute atomic E-state index is 13.5. The van der Waals surface area contributed by atoms with E-state index >= 15 is 0 Å². The van der Waals surface area contributed by atoms with Crippen molar-refractivity contribution in [3.63, 3.8) is 0 Å². The minimum absolute atomic E-state index is 0.0439. The van der Waals surface area contributed by atoms with Gasteiger partial charge in [-0.15, -0.1) is 0 Å². The summed E-state index contributed by atoms with van der Waals surface area (Å²) < 4.78 is 30.3. The number of phosphoric ester groups is 1. The Kier molecular flexibility index (Phi) is 54.6. The van der Waals surface area contributed by atoms with Crippen molar-refractivity contribution < 1.29 is 37.3 Å². The Morgan fingerprint density at radius 1 is 0.456 bits per heavy atom. The van der Waals surface area contributed by atoms with Gasteiger partial charge in [0.1, 0.15) is 19.3 Å². The Bertz CT molecular complexity index is 1810. The van der Waals surface area contributed by atoms with Crippen molar-refractivity contribution in [2.24, 2.45) is 0 Å². The first-order valence-corrected chi connectivity index (χ1v) is 33.0. The molecule has 9 nitrogen and oxygen atoms in total. The van der Waals surface area contributed by atoms with Crippen LogP contribution < -0.4 is 10.2 Å². The minimum atomic E-state index is -4.73. The van der Waals surface area contributed by atoms with E-state index in [1.165, 1.54) is 83.5 Å². The summed E-state index contributed by atoms with van der Waals surface area (Å²) in [5, 5.41) is 2.99. The number of nitrogens with one attached hydrogen (secondary N) is 1. The fraction of sp³-hybridized carbons (Fsp3) is 0.652. The molecule has 450 valence electrons. The Balaban J connectivity index is 5.44. The maximum Gasteiger partial charge on any atom is 0.306 e. The molecule has 1 amide bonds. The molecule has 1 N–H and O–H groups in total. The zero-order chi connectivity index (χ0) is 57.9. The van der Waals surface area contributed by atoms with Crippen molar-refractivity contribution in [2.75, 3.05) is 40.9 Å². The Labute approximate surface area is 485 Å². The predicted molar refractivity (Wildman–Crippen MR) is 339 cm³/mol. The van der Waals surface area contributed by atoms with Crippen LogP contribution in [0.2, 0.25) is 0 Å². The molecule has 10 heteroatoms. The number of quaternary nitrogens is 1. The molecule has 0 radical (unpaired) electrons. The van der Waals surface area contributed by atoms with E-state index < -0.39 is 26.6 Å². The fourth-order valence-corrected chi connectivity index (χ4v) is 8.94. The highest BCUT2D eigenvalue weighted by molar-refractivity contribution is 7.45. The topological polar surface area (TPSA) is 114 Å². The number of hydrogen-bond donors (Lipinski definition) is 1. The molecule has 79 heavy (non-hydrogen) atoms. The number of unbranched alkanes of at least 4 members (excludes halogenated alkanes) is 19. The molecule has 0 spiro atoms. The number of likely N-dealkylation sites (N-methyl/N-ethyl adjacent to an activating group) is 1. The summed E-state index contributed by atoms with van der Waals surface area (Å²) in [6.07, 6.45) is 81.3. The van der Waals surface area contributed by atoms with Gasteiger partial charge in [-0.2, -0.15) is 0 Å². The van der Waals surface area contributed by atoms with Crippen LogP contribution >= 0.6 is 7.82 Å². The number of phosphoric acid groups is 1. The molecule has 0 aliphatic carbocycles. The molecule has 3 atom stereocenters.